The lowest BCUT2D eigenvalue weighted by atomic mass is 10.2. The minimum Gasteiger partial charge on any atom is -0.483 e. The molecule has 20 heavy (non-hydrogen) atoms. The zero-order chi connectivity index (χ0) is 13.8. The van der Waals surface area contributed by atoms with Gasteiger partial charge in [-0.05, 0) is 47.9 Å². The molecule has 3 rings (SSSR count). The first-order chi connectivity index (χ1) is 9.88. The van der Waals surface area contributed by atoms with Crippen LogP contribution in [0.2, 0.25) is 0 Å². The van der Waals surface area contributed by atoms with Crippen molar-refractivity contribution < 1.29 is 4.74 Å². The molecule has 0 aliphatic carbocycles. The van der Waals surface area contributed by atoms with Crippen LogP contribution < -0.4 is 10.1 Å². The lowest BCUT2D eigenvalue weighted by Crippen LogP contribution is -2.15. The molecule has 4 heteroatoms. The second-order valence-corrected chi connectivity index (χ2v) is 6.50. The van der Waals surface area contributed by atoms with Crippen LogP contribution >= 0.6 is 22.7 Å². The molecular weight excluding hydrogens is 286 g/mol. The van der Waals surface area contributed by atoms with E-state index < -0.39 is 0 Å². The summed E-state index contributed by atoms with van der Waals surface area (Å²) in [6.07, 6.45) is 1.09. The number of ether oxygens (including phenoxy) is 1. The van der Waals surface area contributed by atoms with Gasteiger partial charge in [0.25, 0.3) is 0 Å². The van der Waals surface area contributed by atoms with Crippen LogP contribution in [0.25, 0.3) is 10.1 Å². The van der Waals surface area contributed by atoms with Crippen molar-refractivity contribution in [3.8, 4) is 5.75 Å². The molecule has 1 aromatic carbocycles. The number of hydrogen-bond acceptors (Lipinski definition) is 4. The Balaban J connectivity index is 1.87. The van der Waals surface area contributed by atoms with Crippen LogP contribution in [0.5, 0.6) is 5.75 Å². The van der Waals surface area contributed by atoms with Crippen LogP contribution in [0, 0.1) is 0 Å². The molecule has 1 atom stereocenters. The van der Waals surface area contributed by atoms with Crippen molar-refractivity contribution in [2.45, 2.75) is 12.5 Å². The monoisotopic (exact) mass is 303 g/mol. The Kier molecular flexibility index (Phi) is 4.35. The largest absolute Gasteiger partial charge is 0.483 e. The zero-order valence-corrected chi connectivity index (χ0v) is 13.0. The van der Waals surface area contributed by atoms with Gasteiger partial charge in [0.05, 0.1) is 4.70 Å². The number of hydrogen-bond donors (Lipinski definition) is 1. The molecule has 0 saturated carbocycles. The first-order valence-electron chi connectivity index (χ1n) is 6.69. The van der Waals surface area contributed by atoms with Gasteiger partial charge in [-0.2, -0.15) is 0 Å². The molecule has 0 amide bonds. The third-order valence-corrected chi connectivity index (χ3v) is 5.14. The van der Waals surface area contributed by atoms with Crippen LogP contribution in [-0.2, 0) is 0 Å². The SMILES string of the molecule is CNCC[C@H](Oc1cccc2ccsc12)c1cccs1. The first kappa shape index (κ1) is 13.6. The molecule has 0 aliphatic heterocycles. The van der Waals surface area contributed by atoms with E-state index in [2.05, 4.69) is 52.5 Å². The highest BCUT2D eigenvalue weighted by Gasteiger charge is 2.15. The molecule has 0 spiro atoms. The van der Waals surface area contributed by atoms with Crippen molar-refractivity contribution in [2.24, 2.45) is 0 Å². The van der Waals surface area contributed by atoms with Gasteiger partial charge in [0.2, 0.25) is 0 Å². The summed E-state index contributed by atoms with van der Waals surface area (Å²) in [7, 11) is 1.98. The van der Waals surface area contributed by atoms with Crippen LogP contribution in [0.3, 0.4) is 0 Å². The molecule has 3 aromatic rings. The Morgan fingerprint density at radius 3 is 2.85 bits per heavy atom. The standard InChI is InChI=1S/C16H17NOS2/c1-17-9-7-13(15-6-3-10-19-15)18-14-5-2-4-12-8-11-20-16(12)14/h2-6,8,10-11,13,17H,7,9H2,1H3/t13-/m0/s1. The van der Waals surface area contributed by atoms with Crippen LogP contribution in [0.4, 0.5) is 0 Å². The Labute approximate surface area is 127 Å². The summed E-state index contributed by atoms with van der Waals surface area (Å²) in [4.78, 5) is 1.29. The third-order valence-electron chi connectivity index (χ3n) is 3.23. The second-order valence-electron chi connectivity index (χ2n) is 4.61. The molecule has 0 saturated heterocycles. The first-order valence-corrected chi connectivity index (χ1v) is 8.45. The fourth-order valence-electron chi connectivity index (χ4n) is 2.22. The normalized spacial score (nSPS) is 12.7. The molecule has 2 heterocycles. The maximum atomic E-state index is 6.31. The van der Waals surface area contributed by atoms with Crippen molar-refractivity contribution in [1.29, 1.82) is 0 Å². The van der Waals surface area contributed by atoms with Crippen LogP contribution in [-0.4, -0.2) is 13.6 Å². The van der Waals surface area contributed by atoms with E-state index >= 15 is 0 Å². The maximum Gasteiger partial charge on any atom is 0.138 e. The van der Waals surface area contributed by atoms with E-state index in [0.717, 1.165) is 18.7 Å². The highest BCUT2D eigenvalue weighted by molar-refractivity contribution is 7.17. The minimum absolute atomic E-state index is 0.121. The topological polar surface area (TPSA) is 21.3 Å². The van der Waals surface area contributed by atoms with Crippen molar-refractivity contribution >= 4 is 32.8 Å². The fraction of sp³-hybridized carbons (Fsp3) is 0.250. The molecule has 0 aliphatic rings. The fourth-order valence-corrected chi connectivity index (χ4v) is 3.87. The molecule has 2 nitrogen and oxygen atoms in total. The van der Waals surface area contributed by atoms with Gasteiger partial charge in [-0.3, -0.25) is 0 Å². The van der Waals surface area contributed by atoms with Gasteiger partial charge >= 0.3 is 0 Å². The van der Waals surface area contributed by atoms with E-state index in [1.165, 1.54) is 15.0 Å². The number of rotatable bonds is 6. The van der Waals surface area contributed by atoms with E-state index in [4.69, 9.17) is 4.74 Å². The van der Waals surface area contributed by atoms with E-state index in [9.17, 15) is 0 Å². The average molecular weight is 303 g/mol. The summed E-state index contributed by atoms with van der Waals surface area (Å²) < 4.78 is 7.55. The molecule has 0 radical (unpaired) electrons. The summed E-state index contributed by atoms with van der Waals surface area (Å²) in [5.74, 6) is 0.993. The minimum atomic E-state index is 0.121. The summed E-state index contributed by atoms with van der Waals surface area (Å²) in [6, 6.07) is 12.6. The third kappa shape index (κ3) is 2.87. The van der Waals surface area contributed by atoms with Crippen LogP contribution in [0.15, 0.2) is 47.2 Å². The average Bonchev–Trinajstić information content (AvgIpc) is 3.14. The highest BCUT2D eigenvalue weighted by Crippen LogP contribution is 2.35. The van der Waals surface area contributed by atoms with Gasteiger partial charge < -0.3 is 10.1 Å². The Hall–Kier alpha value is -1.36. The quantitative estimate of drug-likeness (QED) is 0.713. The summed E-state index contributed by atoms with van der Waals surface area (Å²) in [5, 5.41) is 8.69. The van der Waals surface area contributed by atoms with E-state index in [-0.39, 0.29) is 6.10 Å². The predicted octanol–water partition coefficient (Wildman–Crippen LogP) is 4.69. The lowest BCUT2D eigenvalue weighted by molar-refractivity contribution is 0.201. The van der Waals surface area contributed by atoms with Crippen molar-refractivity contribution in [2.75, 3.05) is 13.6 Å². The van der Waals surface area contributed by atoms with E-state index in [0.29, 0.717) is 0 Å². The molecule has 1 N–H and O–H groups in total. The van der Waals surface area contributed by atoms with Gasteiger partial charge in [-0.1, -0.05) is 18.2 Å². The Morgan fingerprint density at radius 2 is 2.05 bits per heavy atom. The van der Waals surface area contributed by atoms with Gasteiger partial charge in [-0.15, -0.1) is 22.7 Å². The molecule has 0 bridgehead atoms. The highest BCUT2D eigenvalue weighted by atomic mass is 32.1. The second kappa shape index (κ2) is 6.39. The summed E-state index contributed by atoms with van der Waals surface area (Å²) >= 11 is 3.50. The van der Waals surface area contributed by atoms with E-state index in [1.54, 1.807) is 22.7 Å². The molecule has 0 unspecified atom stereocenters. The Bertz CT molecular complexity index is 660. The predicted molar refractivity (Wildman–Crippen MR) is 88.1 cm³/mol. The lowest BCUT2D eigenvalue weighted by Gasteiger charge is -2.18. The smallest absolute Gasteiger partial charge is 0.138 e. The van der Waals surface area contributed by atoms with E-state index in [1.807, 2.05) is 7.05 Å². The van der Waals surface area contributed by atoms with Gasteiger partial charge in [0, 0.05) is 11.3 Å². The summed E-state index contributed by atoms with van der Waals surface area (Å²) in [6.45, 7) is 0.947. The number of benzene rings is 1. The zero-order valence-electron chi connectivity index (χ0n) is 11.3. The van der Waals surface area contributed by atoms with Crippen LogP contribution in [0.1, 0.15) is 17.4 Å². The number of nitrogens with one attached hydrogen (secondary N) is 1. The number of fused-ring (bicyclic) bond motifs is 1. The van der Waals surface area contributed by atoms with Crippen molar-refractivity contribution in [1.82, 2.24) is 5.32 Å². The molecule has 104 valence electrons. The number of thiophene rings is 2. The van der Waals surface area contributed by atoms with Crippen molar-refractivity contribution in [3.63, 3.8) is 0 Å². The molecule has 0 fully saturated rings. The maximum absolute atomic E-state index is 6.31. The molecular formula is C16H17NOS2. The Morgan fingerprint density at radius 1 is 1.10 bits per heavy atom. The van der Waals surface area contributed by atoms with Gasteiger partial charge in [-0.25, -0.2) is 0 Å². The van der Waals surface area contributed by atoms with Crippen molar-refractivity contribution in [3.05, 3.63) is 52.0 Å². The molecule has 2 aromatic heterocycles. The van der Waals surface area contributed by atoms with Gasteiger partial charge in [0.15, 0.2) is 0 Å². The summed E-state index contributed by atoms with van der Waals surface area (Å²) in [5.41, 5.74) is 0. The van der Waals surface area contributed by atoms with Gasteiger partial charge in [0.1, 0.15) is 11.9 Å².